The molecule has 6 nitrogen and oxygen atoms in total. The Morgan fingerprint density at radius 2 is 1.81 bits per heavy atom. The molecule has 0 amide bonds. The molecule has 1 aliphatic rings. The van der Waals surface area contributed by atoms with E-state index in [-0.39, 0.29) is 5.56 Å². The summed E-state index contributed by atoms with van der Waals surface area (Å²) in [6, 6.07) is 22.2. The monoisotopic (exact) mass is 426 g/mol. The van der Waals surface area contributed by atoms with E-state index in [1.165, 1.54) is 0 Å². The summed E-state index contributed by atoms with van der Waals surface area (Å²) in [6.07, 6.45) is 2.25. The zero-order valence-corrected chi connectivity index (χ0v) is 18.4. The van der Waals surface area contributed by atoms with Crippen LogP contribution in [0.2, 0.25) is 0 Å². The molecule has 5 rings (SSSR count). The second kappa shape index (κ2) is 8.48. The lowest BCUT2D eigenvalue weighted by Gasteiger charge is -2.38. The summed E-state index contributed by atoms with van der Waals surface area (Å²) < 4.78 is 7.36. The Morgan fingerprint density at radius 3 is 2.56 bits per heavy atom. The highest BCUT2D eigenvalue weighted by Gasteiger charge is 2.28. The van der Waals surface area contributed by atoms with Gasteiger partial charge in [-0.3, -0.25) is 19.2 Å². The molecule has 3 heterocycles. The molecule has 0 bridgehead atoms. The van der Waals surface area contributed by atoms with Crippen molar-refractivity contribution < 1.29 is 4.42 Å². The molecular formula is C26H26N4O2. The summed E-state index contributed by atoms with van der Waals surface area (Å²) in [5, 5.41) is 0. The van der Waals surface area contributed by atoms with Gasteiger partial charge in [0.2, 0.25) is 5.95 Å². The molecule has 4 aromatic rings. The SMILES string of the molecule is Cc1cccc(N2CN(Cc3ccco3)Cn3c2nc(C)c(Cc2ccccc2)c3=O)c1. The Kier molecular flexibility index (Phi) is 5.37. The summed E-state index contributed by atoms with van der Waals surface area (Å²) in [5.74, 6) is 1.56. The number of aryl methyl sites for hydroxylation is 2. The van der Waals surface area contributed by atoms with Crippen molar-refractivity contribution in [2.45, 2.75) is 33.5 Å². The van der Waals surface area contributed by atoms with Gasteiger partial charge in [-0.2, -0.15) is 0 Å². The molecule has 0 spiro atoms. The Labute approximate surface area is 187 Å². The quantitative estimate of drug-likeness (QED) is 0.466. The van der Waals surface area contributed by atoms with E-state index in [2.05, 4.69) is 34.9 Å². The number of nitrogens with zero attached hydrogens (tertiary/aromatic N) is 4. The maximum Gasteiger partial charge on any atom is 0.259 e. The number of anilines is 2. The van der Waals surface area contributed by atoms with E-state index in [0.29, 0.717) is 32.3 Å². The summed E-state index contributed by atoms with van der Waals surface area (Å²) in [5.41, 5.74) is 4.82. The van der Waals surface area contributed by atoms with Crippen LogP contribution in [0.1, 0.15) is 28.1 Å². The lowest BCUT2D eigenvalue weighted by molar-refractivity contribution is 0.176. The molecule has 32 heavy (non-hydrogen) atoms. The molecular weight excluding hydrogens is 400 g/mol. The highest BCUT2D eigenvalue weighted by molar-refractivity contribution is 5.59. The van der Waals surface area contributed by atoms with Crippen molar-refractivity contribution in [3.63, 3.8) is 0 Å². The van der Waals surface area contributed by atoms with Crippen molar-refractivity contribution in [1.29, 1.82) is 0 Å². The molecule has 2 aromatic heterocycles. The van der Waals surface area contributed by atoms with Gasteiger partial charge < -0.3 is 4.42 Å². The van der Waals surface area contributed by atoms with E-state index in [4.69, 9.17) is 9.40 Å². The first kappa shape index (κ1) is 20.3. The van der Waals surface area contributed by atoms with Crippen molar-refractivity contribution in [1.82, 2.24) is 14.5 Å². The van der Waals surface area contributed by atoms with Crippen LogP contribution in [0, 0.1) is 13.8 Å². The summed E-state index contributed by atoms with van der Waals surface area (Å²) in [7, 11) is 0. The van der Waals surface area contributed by atoms with Crippen LogP contribution in [0.15, 0.2) is 82.2 Å². The van der Waals surface area contributed by atoms with E-state index in [1.54, 1.807) is 10.8 Å². The molecule has 0 radical (unpaired) electrons. The fraction of sp³-hybridized carbons (Fsp3) is 0.231. The Morgan fingerprint density at radius 1 is 0.969 bits per heavy atom. The van der Waals surface area contributed by atoms with Crippen LogP contribution in [0.4, 0.5) is 11.6 Å². The second-order valence-corrected chi connectivity index (χ2v) is 8.33. The van der Waals surface area contributed by atoms with Gasteiger partial charge in [0.1, 0.15) is 5.76 Å². The number of rotatable bonds is 5. The number of hydrogen-bond donors (Lipinski definition) is 0. The standard InChI is InChI=1S/C26H26N4O2/c1-19-8-6-11-22(14-19)29-17-28(16-23-12-7-13-32-23)18-30-25(31)24(20(2)27-26(29)30)15-21-9-4-3-5-10-21/h3-14H,15-18H2,1-2H3. The molecule has 6 heteroatoms. The van der Waals surface area contributed by atoms with E-state index in [0.717, 1.165) is 33.8 Å². The molecule has 0 N–H and O–H groups in total. The molecule has 0 saturated heterocycles. The largest absolute Gasteiger partial charge is 0.468 e. The zero-order chi connectivity index (χ0) is 22.1. The van der Waals surface area contributed by atoms with E-state index >= 15 is 0 Å². The van der Waals surface area contributed by atoms with Gasteiger partial charge in [0.15, 0.2) is 0 Å². The van der Waals surface area contributed by atoms with Crippen molar-refractivity contribution in [3.05, 3.63) is 111 Å². The highest BCUT2D eigenvalue weighted by Crippen LogP contribution is 2.29. The zero-order valence-electron chi connectivity index (χ0n) is 18.4. The van der Waals surface area contributed by atoms with E-state index in [9.17, 15) is 4.79 Å². The Balaban J connectivity index is 1.59. The van der Waals surface area contributed by atoms with Gasteiger partial charge in [0, 0.05) is 17.7 Å². The van der Waals surface area contributed by atoms with Gasteiger partial charge in [-0.05, 0) is 49.2 Å². The van der Waals surface area contributed by atoms with Crippen molar-refractivity contribution >= 4 is 11.6 Å². The minimum Gasteiger partial charge on any atom is -0.468 e. The predicted molar refractivity (Wildman–Crippen MR) is 125 cm³/mol. The van der Waals surface area contributed by atoms with Crippen LogP contribution in [0.3, 0.4) is 0 Å². The molecule has 1 aliphatic heterocycles. The van der Waals surface area contributed by atoms with Crippen molar-refractivity contribution in [3.8, 4) is 0 Å². The lowest BCUT2D eigenvalue weighted by atomic mass is 10.1. The first-order chi connectivity index (χ1) is 15.6. The van der Waals surface area contributed by atoms with Crippen molar-refractivity contribution in [2.75, 3.05) is 11.6 Å². The third kappa shape index (κ3) is 3.97. The topological polar surface area (TPSA) is 54.5 Å². The molecule has 0 saturated carbocycles. The van der Waals surface area contributed by atoms with Gasteiger partial charge in [-0.25, -0.2) is 4.98 Å². The van der Waals surface area contributed by atoms with Gasteiger partial charge in [-0.15, -0.1) is 0 Å². The van der Waals surface area contributed by atoms with Crippen LogP contribution in [-0.2, 0) is 19.6 Å². The summed E-state index contributed by atoms with van der Waals surface area (Å²) in [6.45, 7) is 5.70. The van der Waals surface area contributed by atoms with Gasteiger partial charge in [0.25, 0.3) is 5.56 Å². The molecule has 0 unspecified atom stereocenters. The van der Waals surface area contributed by atoms with Crippen LogP contribution in [-0.4, -0.2) is 21.1 Å². The first-order valence-corrected chi connectivity index (χ1v) is 10.8. The fourth-order valence-corrected chi connectivity index (χ4v) is 4.25. The molecule has 162 valence electrons. The molecule has 2 aromatic carbocycles. The van der Waals surface area contributed by atoms with E-state index in [1.807, 2.05) is 55.5 Å². The van der Waals surface area contributed by atoms with E-state index < -0.39 is 0 Å². The summed E-state index contributed by atoms with van der Waals surface area (Å²) in [4.78, 5) is 22.9. The maximum atomic E-state index is 13.7. The third-order valence-corrected chi connectivity index (χ3v) is 5.87. The highest BCUT2D eigenvalue weighted by atomic mass is 16.3. The maximum absolute atomic E-state index is 13.7. The average molecular weight is 427 g/mol. The van der Waals surface area contributed by atoms with Gasteiger partial charge in [0.05, 0.1) is 31.8 Å². The number of aromatic nitrogens is 2. The molecule has 0 aliphatic carbocycles. The Bertz CT molecular complexity index is 1280. The average Bonchev–Trinajstić information content (AvgIpc) is 3.30. The van der Waals surface area contributed by atoms with Crippen LogP contribution in [0.5, 0.6) is 0 Å². The van der Waals surface area contributed by atoms with Crippen LogP contribution < -0.4 is 10.5 Å². The number of benzene rings is 2. The predicted octanol–water partition coefficient (Wildman–Crippen LogP) is 4.61. The summed E-state index contributed by atoms with van der Waals surface area (Å²) >= 11 is 0. The first-order valence-electron chi connectivity index (χ1n) is 10.8. The van der Waals surface area contributed by atoms with Crippen molar-refractivity contribution in [2.24, 2.45) is 0 Å². The van der Waals surface area contributed by atoms with Gasteiger partial charge >= 0.3 is 0 Å². The molecule has 0 fully saturated rings. The van der Waals surface area contributed by atoms with Crippen LogP contribution in [0.25, 0.3) is 0 Å². The minimum atomic E-state index is 0.0122. The third-order valence-electron chi connectivity index (χ3n) is 5.87. The fourth-order valence-electron chi connectivity index (χ4n) is 4.25. The minimum absolute atomic E-state index is 0.0122. The number of furan rings is 1. The normalized spacial score (nSPS) is 13.9. The Hall–Kier alpha value is -3.64. The number of hydrogen-bond acceptors (Lipinski definition) is 5. The lowest BCUT2D eigenvalue weighted by Crippen LogP contribution is -2.47. The smallest absolute Gasteiger partial charge is 0.259 e. The van der Waals surface area contributed by atoms with Crippen LogP contribution >= 0.6 is 0 Å². The van der Waals surface area contributed by atoms with Gasteiger partial charge in [-0.1, -0.05) is 42.5 Å². The molecule has 0 atom stereocenters. The number of fused-ring (bicyclic) bond motifs is 1. The second-order valence-electron chi connectivity index (χ2n) is 8.33.